The van der Waals surface area contributed by atoms with Crippen LogP contribution in [-0.4, -0.2) is 71.4 Å². The molecule has 1 saturated carbocycles. The molecule has 1 aromatic heterocycles. The van der Waals surface area contributed by atoms with Crippen molar-refractivity contribution in [1.82, 2.24) is 9.47 Å². The van der Waals surface area contributed by atoms with Crippen molar-refractivity contribution in [2.45, 2.75) is 50.7 Å². The lowest BCUT2D eigenvalue weighted by atomic mass is 9.87. The molecular formula is C32H37ClFN3O6. The van der Waals surface area contributed by atoms with Crippen LogP contribution in [0.5, 0.6) is 0 Å². The third-order valence-electron chi connectivity index (χ3n) is 8.64. The van der Waals surface area contributed by atoms with E-state index in [0.717, 1.165) is 17.0 Å². The number of nitrogens with one attached hydrogen (secondary N) is 1. The zero-order valence-corrected chi connectivity index (χ0v) is 25.1. The van der Waals surface area contributed by atoms with Gasteiger partial charge in [0.05, 0.1) is 54.0 Å². The number of nitrogens with zero attached hydrogens (tertiary/aromatic N) is 2. The van der Waals surface area contributed by atoms with Crippen LogP contribution >= 0.6 is 11.6 Å². The summed E-state index contributed by atoms with van der Waals surface area (Å²) >= 11 is 6.47. The molecule has 2 atom stereocenters. The van der Waals surface area contributed by atoms with E-state index in [1.165, 1.54) is 6.07 Å². The fraction of sp³-hybridized carbons (Fsp3) is 0.469. The van der Waals surface area contributed by atoms with E-state index in [4.69, 9.17) is 21.1 Å². The summed E-state index contributed by atoms with van der Waals surface area (Å²) in [6, 6.07) is 9.84. The first-order chi connectivity index (χ1) is 20.6. The molecule has 1 aliphatic heterocycles. The van der Waals surface area contributed by atoms with Gasteiger partial charge in [0.2, 0.25) is 5.91 Å². The molecule has 2 N–H and O–H groups in total. The monoisotopic (exact) mass is 613 g/mol. The summed E-state index contributed by atoms with van der Waals surface area (Å²) in [4.78, 5) is 39.5. The van der Waals surface area contributed by atoms with Gasteiger partial charge in [0.1, 0.15) is 5.82 Å². The maximum absolute atomic E-state index is 15.3. The number of aryl methyl sites for hydroxylation is 1. The third kappa shape index (κ3) is 7.03. The molecule has 11 heteroatoms. The Balaban J connectivity index is 1.24. The van der Waals surface area contributed by atoms with Crippen LogP contribution in [0, 0.1) is 17.7 Å². The molecule has 0 spiro atoms. The van der Waals surface area contributed by atoms with Crippen LogP contribution in [0.25, 0.3) is 10.9 Å². The summed E-state index contributed by atoms with van der Waals surface area (Å²) < 4.78 is 28.6. The largest absolute Gasteiger partial charge is 0.481 e. The van der Waals surface area contributed by atoms with Gasteiger partial charge in [-0.2, -0.15) is 0 Å². The predicted octanol–water partition coefficient (Wildman–Crippen LogP) is 5.29. The van der Waals surface area contributed by atoms with Gasteiger partial charge in [0.15, 0.2) is 0 Å². The fourth-order valence-corrected chi connectivity index (χ4v) is 6.59. The Kier molecular flexibility index (Phi) is 9.68. The molecule has 2 aromatic carbocycles. The Morgan fingerprint density at radius 2 is 1.86 bits per heavy atom. The molecule has 2 fully saturated rings. The molecule has 0 bridgehead atoms. The number of hydrogen-bond acceptors (Lipinski definition) is 5. The number of carboxylic acids is 1. The first kappa shape index (κ1) is 31.0. The van der Waals surface area contributed by atoms with Gasteiger partial charge in [-0.3, -0.25) is 14.4 Å². The van der Waals surface area contributed by atoms with Gasteiger partial charge in [0, 0.05) is 43.7 Å². The van der Waals surface area contributed by atoms with E-state index in [0.29, 0.717) is 57.4 Å². The number of ether oxygens (including phenoxy) is 2. The minimum absolute atomic E-state index is 0.0399. The van der Waals surface area contributed by atoms with E-state index in [-0.39, 0.29) is 52.6 Å². The van der Waals surface area contributed by atoms with Crippen molar-refractivity contribution in [2.75, 3.05) is 32.2 Å². The van der Waals surface area contributed by atoms with Crippen LogP contribution in [0.4, 0.5) is 10.1 Å². The highest BCUT2D eigenvalue weighted by Gasteiger charge is 2.36. The first-order valence-corrected chi connectivity index (χ1v) is 15.0. The summed E-state index contributed by atoms with van der Waals surface area (Å²) in [5.74, 6) is -2.25. The molecule has 0 unspecified atom stereocenters. The number of carboxylic acid groups (broad SMARTS) is 1. The lowest BCUT2D eigenvalue weighted by Gasteiger charge is -2.30. The Labute approximate surface area is 254 Å². The smallest absolute Gasteiger partial charge is 0.306 e. The van der Waals surface area contributed by atoms with E-state index in [1.54, 1.807) is 18.2 Å². The minimum Gasteiger partial charge on any atom is -0.481 e. The number of para-hydroxylation sites is 1. The number of aliphatic carboxylic acids is 1. The molecule has 3 aromatic rings. The van der Waals surface area contributed by atoms with Gasteiger partial charge < -0.3 is 29.4 Å². The van der Waals surface area contributed by atoms with Crippen molar-refractivity contribution in [1.29, 1.82) is 0 Å². The average molecular weight is 614 g/mol. The van der Waals surface area contributed by atoms with Crippen LogP contribution in [0.1, 0.15) is 48.0 Å². The zero-order chi connectivity index (χ0) is 30.7. The van der Waals surface area contributed by atoms with E-state index in [1.807, 2.05) is 35.9 Å². The van der Waals surface area contributed by atoms with E-state index in [9.17, 15) is 19.5 Å². The van der Waals surface area contributed by atoms with Gasteiger partial charge >= 0.3 is 5.97 Å². The molecule has 1 aliphatic carbocycles. The quantitative estimate of drug-likeness (QED) is 0.322. The summed E-state index contributed by atoms with van der Waals surface area (Å²) in [5.41, 5.74) is 1.60. The molecule has 230 valence electrons. The molecule has 2 aliphatic rings. The summed E-state index contributed by atoms with van der Waals surface area (Å²) in [5, 5.41) is 12.9. The topological polar surface area (TPSA) is 110 Å². The van der Waals surface area contributed by atoms with Crippen LogP contribution in [0.2, 0.25) is 5.02 Å². The van der Waals surface area contributed by atoms with Crippen molar-refractivity contribution in [3.63, 3.8) is 0 Å². The zero-order valence-electron chi connectivity index (χ0n) is 24.4. The number of carbonyl (C=O) groups is 3. The van der Waals surface area contributed by atoms with Crippen molar-refractivity contribution in [3.05, 3.63) is 64.6 Å². The standard InChI is InChI=1S/C32H37ClFN3O6/c1-36-16-25(24-5-3-4-6-29(24)36)31(39)35-28-14-27(34)21(12-26(28)33)13-30(38)37-15-19(17-42-2)11-22(37)18-43-23-9-7-20(8-10-23)32(40)41/h3-6,12,14,16,19-20,22-23H,7-11,13,15,17-18H2,1-2H3,(H,35,39)(H,40,41)/t19-,20?,22-,23?/m0/s1. The number of hydrogen-bond donors (Lipinski definition) is 2. The lowest BCUT2D eigenvalue weighted by molar-refractivity contribution is -0.144. The summed E-state index contributed by atoms with van der Waals surface area (Å²) in [6.07, 6.45) is 4.69. The van der Waals surface area contributed by atoms with Crippen LogP contribution < -0.4 is 5.32 Å². The second kappa shape index (κ2) is 13.4. The van der Waals surface area contributed by atoms with Gasteiger partial charge in [-0.05, 0) is 55.9 Å². The maximum Gasteiger partial charge on any atom is 0.306 e. The lowest BCUT2D eigenvalue weighted by Crippen LogP contribution is -2.40. The normalized spacial score (nSPS) is 22.2. The predicted molar refractivity (Wildman–Crippen MR) is 161 cm³/mol. The Morgan fingerprint density at radius 1 is 1.12 bits per heavy atom. The molecule has 9 nitrogen and oxygen atoms in total. The second-order valence-corrected chi connectivity index (χ2v) is 12.0. The van der Waals surface area contributed by atoms with Crippen molar-refractivity contribution in [2.24, 2.45) is 18.9 Å². The minimum atomic E-state index is -0.763. The van der Waals surface area contributed by atoms with E-state index in [2.05, 4.69) is 5.32 Å². The molecular weight excluding hydrogens is 577 g/mol. The highest BCUT2D eigenvalue weighted by atomic mass is 35.5. The van der Waals surface area contributed by atoms with Gasteiger partial charge in [-0.1, -0.05) is 29.8 Å². The number of anilines is 1. The number of rotatable bonds is 10. The number of fused-ring (bicyclic) bond motifs is 1. The van der Waals surface area contributed by atoms with Crippen LogP contribution in [-0.2, 0) is 32.5 Å². The van der Waals surface area contributed by atoms with Crippen molar-refractivity contribution >= 4 is 46.0 Å². The van der Waals surface area contributed by atoms with Crippen molar-refractivity contribution in [3.8, 4) is 0 Å². The van der Waals surface area contributed by atoms with Crippen LogP contribution in [0.15, 0.2) is 42.6 Å². The van der Waals surface area contributed by atoms with Gasteiger partial charge in [-0.25, -0.2) is 4.39 Å². The molecule has 2 amide bonds. The van der Waals surface area contributed by atoms with E-state index < -0.39 is 17.7 Å². The highest BCUT2D eigenvalue weighted by Crippen LogP contribution is 2.31. The molecule has 2 heterocycles. The van der Waals surface area contributed by atoms with Gasteiger partial charge in [0.25, 0.3) is 5.91 Å². The highest BCUT2D eigenvalue weighted by molar-refractivity contribution is 6.34. The number of aromatic nitrogens is 1. The third-order valence-corrected chi connectivity index (χ3v) is 8.95. The molecule has 5 rings (SSSR count). The number of benzene rings is 2. The number of amides is 2. The number of likely N-dealkylation sites (tertiary alicyclic amines) is 1. The first-order valence-electron chi connectivity index (χ1n) is 14.6. The Hall–Kier alpha value is -3.47. The Bertz CT molecular complexity index is 1500. The Morgan fingerprint density at radius 3 is 2.58 bits per heavy atom. The number of methoxy groups -OCH3 is 1. The number of halogens is 2. The second-order valence-electron chi connectivity index (χ2n) is 11.6. The maximum atomic E-state index is 15.3. The summed E-state index contributed by atoms with van der Waals surface area (Å²) in [6.45, 7) is 1.30. The molecule has 1 saturated heterocycles. The van der Waals surface area contributed by atoms with Gasteiger partial charge in [-0.15, -0.1) is 0 Å². The van der Waals surface area contributed by atoms with Crippen LogP contribution in [0.3, 0.4) is 0 Å². The fourth-order valence-electron chi connectivity index (χ4n) is 6.35. The number of carbonyl (C=O) groups excluding carboxylic acids is 2. The SMILES string of the molecule is COC[C@H]1C[C@@H](COC2CCC(C(=O)O)CC2)N(C(=O)Cc2cc(Cl)c(NC(=O)c3cn(C)c4ccccc34)cc2F)C1. The van der Waals surface area contributed by atoms with Crippen molar-refractivity contribution < 1.29 is 33.4 Å². The average Bonchev–Trinajstić information content (AvgIpc) is 3.55. The van der Waals surface area contributed by atoms with E-state index >= 15 is 4.39 Å². The molecule has 0 radical (unpaired) electrons. The summed E-state index contributed by atoms with van der Waals surface area (Å²) in [7, 11) is 3.47. The molecule has 43 heavy (non-hydrogen) atoms.